The Kier molecular flexibility index (Phi) is 9.53. The van der Waals surface area contributed by atoms with Gasteiger partial charge in [0.05, 0.1) is 6.61 Å². The van der Waals surface area contributed by atoms with Crippen molar-refractivity contribution >= 4 is 7.82 Å². The van der Waals surface area contributed by atoms with Gasteiger partial charge >= 0.3 is 7.82 Å². The monoisotopic (exact) mass is 446 g/mol. The first-order valence-electron chi connectivity index (χ1n) is 8.46. The molecule has 2 aromatic rings. The maximum atomic E-state index is 10.8. The van der Waals surface area contributed by atoms with Gasteiger partial charge in [-0.1, -0.05) is 42.5 Å². The van der Waals surface area contributed by atoms with Crippen LogP contribution in [0.25, 0.3) is 11.1 Å². The number of hydrogen-bond donors (Lipinski definition) is 7. The van der Waals surface area contributed by atoms with Crippen LogP contribution >= 0.6 is 7.82 Å². The van der Waals surface area contributed by atoms with Gasteiger partial charge in [0, 0.05) is 0 Å². The number of phosphoric acid groups is 1. The van der Waals surface area contributed by atoms with E-state index in [1.807, 2.05) is 30.3 Å². The van der Waals surface area contributed by atoms with E-state index in [1.165, 1.54) is 0 Å². The number of benzene rings is 2. The molecule has 11 N–H and O–H groups in total. The van der Waals surface area contributed by atoms with Gasteiger partial charge in [0.25, 0.3) is 0 Å². The predicted octanol–water partition coefficient (Wildman–Crippen LogP) is 0.973. The van der Waals surface area contributed by atoms with Crippen LogP contribution in [0.3, 0.4) is 0 Å². The van der Waals surface area contributed by atoms with Crippen LogP contribution in [0.5, 0.6) is 5.75 Å². The molecule has 0 unspecified atom stereocenters. The molecule has 0 aliphatic carbocycles. The summed E-state index contributed by atoms with van der Waals surface area (Å²) in [7, 11) is -4.79. The molecule has 11 nitrogen and oxygen atoms in total. The molecule has 0 amide bonds. The van der Waals surface area contributed by atoms with E-state index in [0.717, 1.165) is 11.1 Å². The maximum Gasteiger partial charge on any atom is 0.469 e. The molecule has 12 heteroatoms. The fraction of sp³-hybridized carbons (Fsp3) is 0.333. The van der Waals surface area contributed by atoms with Gasteiger partial charge in [-0.05, 0) is 23.3 Å². The predicted molar refractivity (Wildman–Crippen MR) is 107 cm³/mol. The van der Waals surface area contributed by atoms with Gasteiger partial charge in [-0.3, -0.25) is 4.52 Å². The Hall–Kier alpha value is -1.89. The van der Waals surface area contributed by atoms with Crippen molar-refractivity contribution in [3.8, 4) is 16.9 Å². The van der Waals surface area contributed by atoms with E-state index in [0.29, 0.717) is 5.75 Å². The zero-order chi connectivity index (χ0) is 20.3. The van der Waals surface area contributed by atoms with Crippen LogP contribution in [0.1, 0.15) is 0 Å². The van der Waals surface area contributed by atoms with Crippen molar-refractivity contribution in [1.82, 2.24) is 12.3 Å². The molecule has 3 rings (SSSR count). The minimum atomic E-state index is -4.79. The van der Waals surface area contributed by atoms with Crippen molar-refractivity contribution in [3.63, 3.8) is 0 Å². The topological polar surface area (TPSA) is 216 Å². The SMILES string of the molecule is N.N.O=P(O)(O)OC[C@H]1O[C@H](Oc2ccc(-c3ccccc3)cc2)[C@@H](O)[C@@H](O)[C@@H]1O. The van der Waals surface area contributed by atoms with E-state index in [2.05, 4.69) is 4.52 Å². The summed E-state index contributed by atoms with van der Waals surface area (Å²) < 4.78 is 26.1. The average Bonchev–Trinajstić information content (AvgIpc) is 2.68. The molecule has 1 heterocycles. The highest BCUT2D eigenvalue weighted by molar-refractivity contribution is 7.46. The molecule has 0 spiro atoms. The zero-order valence-corrected chi connectivity index (χ0v) is 16.9. The third-order valence-corrected chi connectivity index (χ3v) is 4.77. The van der Waals surface area contributed by atoms with Gasteiger partial charge in [-0.15, -0.1) is 0 Å². The fourth-order valence-electron chi connectivity index (χ4n) is 2.81. The molecule has 1 aliphatic heterocycles. The Morgan fingerprint density at radius 1 is 0.833 bits per heavy atom. The molecule has 1 saturated heterocycles. The van der Waals surface area contributed by atoms with E-state index < -0.39 is 45.1 Å². The van der Waals surface area contributed by atoms with Crippen molar-refractivity contribution in [3.05, 3.63) is 54.6 Å². The second-order valence-corrected chi connectivity index (χ2v) is 7.55. The molecule has 2 aromatic carbocycles. The fourth-order valence-corrected chi connectivity index (χ4v) is 3.15. The lowest BCUT2D eigenvalue weighted by atomic mass is 9.99. The molecule has 0 radical (unpaired) electrons. The van der Waals surface area contributed by atoms with E-state index in [4.69, 9.17) is 19.3 Å². The summed E-state index contributed by atoms with van der Waals surface area (Å²) in [5, 5.41) is 30.0. The van der Waals surface area contributed by atoms with Crippen LogP contribution in [0.4, 0.5) is 0 Å². The van der Waals surface area contributed by atoms with Gasteiger partial charge in [0.15, 0.2) is 0 Å². The first kappa shape index (κ1) is 26.1. The molecule has 168 valence electrons. The molecule has 0 bridgehead atoms. The Balaban J connectivity index is 0.00000225. The van der Waals surface area contributed by atoms with E-state index in [-0.39, 0.29) is 12.3 Å². The second-order valence-electron chi connectivity index (χ2n) is 6.31. The highest BCUT2D eigenvalue weighted by Gasteiger charge is 2.45. The molecular weight excluding hydrogens is 419 g/mol. The van der Waals surface area contributed by atoms with Crippen LogP contribution in [-0.2, 0) is 13.8 Å². The average molecular weight is 446 g/mol. The normalized spacial score (nSPS) is 26.2. The molecule has 5 atom stereocenters. The van der Waals surface area contributed by atoms with Crippen molar-refractivity contribution < 1.29 is 43.7 Å². The highest BCUT2D eigenvalue weighted by Crippen LogP contribution is 2.37. The maximum absolute atomic E-state index is 10.8. The molecule has 30 heavy (non-hydrogen) atoms. The zero-order valence-electron chi connectivity index (χ0n) is 16.0. The van der Waals surface area contributed by atoms with Crippen LogP contribution in [-0.4, -0.2) is 62.4 Å². The third-order valence-electron chi connectivity index (χ3n) is 4.29. The third kappa shape index (κ3) is 6.56. The first-order chi connectivity index (χ1) is 13.2. The van der Waals surface area contributed by atoms with Crippen LogP contribution in [0, 0.1) is 0 Å². The summed E-state index contributed by atoms with van der Waals surface area (Å²) in [5.41, 5.74) is 1.96. The van der Waals surface area contributed by atoms with Crippen LogP contribution in [0.2, 0.25) is 0 Å². The summed E-state index contributed by atoms with van der Waals surface area (Å²) in [5.74, 6) is 0.335. The van der Waals surface area contributed by atoms with Crippen LogP contribution in [0.15, 0.2) is 54.6 Å². The summed E-state index contributed by atoms with van der Waals surface area (Å²) in [4.78, 5) is 17.6. The summed E-state index contributed by atoms with van der Waals surface area (Å²) >= 11 is 0. The van der Waals surface area contributed by atoms with E-state index >= 15 is 0 Å². The lowest BCUT2D eigenvalue weighted by molar-refractivity contribution is -0.276. The molecular formula is C18H27N2O9P. The lowest BCUT2D eigenvalue weighted by Gasteiger charge is -2.40. The molecule has 0 aromatic heterocycles. The van der Waals surface area contributed by atoms with E-state index in [9.17, 15) is 19.9 Å². The molecule has 1 fully saturated rings. The van der Waals surface area contributed by atoms with Gasteiger partial charge in [-0.25, -0.2) is 4.57 Å². The smallest absolute Gasteiger partial charge is 0.462 e. The summed E-state index contributed by atoms with van der Waals surface area (Å²) in [6, 6.07) is 16.6. The summed E-state index contributed by atoms with van der Waals surface area (Å²) in [6.45, 7) is -0.692. The summed E-state index contributed by atoms with van der Waals surface area (Å²) in [6.07, 6.45) is -7.50. The number of phosphoric ester groups is 1. The second kappa shape index (κ2) is 10.9. The van der Waals surface area contributed by atoms with E-state index in [1.54, 1.807) is 24.3 Å². The molecule has 1 aliphatic rings. The standard InChI is InChI=1S/C18H21O9P.2H3N/c19-15-14(10-25-28(22,23)24)27-18(17(21)16(15)20)26-13-8-6-12(7-9-13)11-4-2-1-3-5-11;;/h1-9,14-21H,10H2,(H2,22,23,24);2*1H3/t14-,15-,16+,17+,18+;;/m1../s1. The Morgan fingerprint density at radius 3 is 1.97 bits per heavy atom. The van der Waals surface area contributed by atoms with Crippen molar-refractivity contribution in [2.24, 2.45) is 0 Å². The van der Waals surface area contributed by atoms with Gasteiger partial charge in [0.2, 0.25) is 6.29 Å². The quantitative estimate of drug-likeness (QED) is 0.310. The minimum absolute atomic E-state index is 0. The Morgan fingerprint density at radius 2 is 1.40 bits per heavy atom. The number of rotatable bonds is 6. The van der Waals surface area contributed by atoms with Gasteiger partial charge in [-0.2, -0.15) is 0 Å². The van der Waals surface area contributed by atoms with Gasteiger partial charge < -0.3 is 46.9 Å². The number of aliphatic hydroxyl groups excluding tert-OH is 3. The lowest BCUT2D eigenvalue weighted by Crippen LogP contribution is -2.60. The van der Waals surface area contributed by atoms with Crippen molar-refractivity contribution in [2.45, 2.75) is 30.7 Å². The van der Waals surface area contributed by atoms with Crippen molar-refractivity contribution in [1.29, 1.82) is 0 Å². The Bertz CT molecular complexity index is 818. The van der Waals surface area contributed by atoms with Gasteiger partial charge in [0.1, 0.15) is 30.2 Å². The molecule has 0 saturated carbocycles. The first-order valence-corrected chi connectivity index (χ1v) is 9.99. The minimum Gasteiger partial charge on any atom is -0.462 e. The Labute approximate surface area is 173 Å². The highest BCUT2D eigenvalue weighted by atomic mass is 31.2. The largest absolute Gasteiger partial charge is 0.469 e. The number of ether oxygens (including phenoxy) is 2. The van der Waals surface area contributed by atoms with Crippen LogP contribution < -0.4 is 17.0 Å². The number of aliphatic hydroxyl groups is 3. The van der Waals surface area contributed by atoms with Crippen molar-refractivity contribution in [2.75, 3.05) is 6.61 Å². The number of hydrogen-bond acceptors (Lipinski definition) is 9.